The number of carboxylic acid groups (broad SMARTS) is 1. The summed E-state index contributed by atoms with van der Waals surface area (Å²) in [6.07, 6.45) is 3.80. The van der Waals surface area contributed by atoms with Crippen LogP contribution >= 0.6 is 0 Å². The highest BCUT2D eigenvalue weighted by Crippen LogP contribution is 2.26. The first-order chi connectivity index (χ1) is 21.2. The van der Waals surface area contributed by atoms with Gasteiger partial charge in [-0.1, -0.05) is 24.3 Å². The van der Waals surface area contributed by atoms with E-state index in [0.29, 0.717) is 31.1 Å². The highest BCUT2D eigenvalue weighted by atomic mass is 19.2. The van der Waals surface area contributed by atoms with Gasteiger partial charge in [-0.25, -0.2) is 8.78 Å². The smallest absolute Gasteiger partial charge is 0.290 e. The first-order valence-electron chi connectivity index (χ1n) is 14.5. The third-order valence-corrected chi connectivity index (χ3v) is 8.10. The molecule has 44 heavy (non-hydrogen) atoms. The van der Waals surface area contributed by atoms with Gasteiger partial charge in [-0.05, 0) is 79.6 Å². The zero-order valence-electron chi connectivity index (χ0n) is 24.5. The molecular formula is C33H36F3N3O5. The molecular weight excluding hydrogens is 575 g/mol. The molecule has 2 amide bonds. The molecule has 2 aliphatic rings. The molecule has 0 bridgehead atoms. The van der Waals surface area contributed by atoms with Crippen molar-refractivity contribution in [2.45, 2.75) is 44.2 Å². The summed E-state index contributed by atoms with van der Waals surface area (Å²) in [7, 11) is 1.21. The predicted molar refractivity (Wildman–Crippen MR) is 158 cm³/mol. The fourth-order valence-corrected chi connectivity index (χ4v) is 5.90. The molecule has 0 aromatic heterocycles. The third kappa shape index (κ3) is 8.16. The summed E-state index contributed by atoms with van der Waals surface area (Å²) in [6, 6.07) is 16.5. The molecule has 11 heteroatoms. The van der Waals surface area contributed by atoms with Gasteiger partial charge in [0.1, 0.15) is 5.82 Å². The number of likely N-dealkylation sites (tertiary alicyclic amines) is 2. The van der Waals surface area contributed by atoms with Crippen LogP contribution in [0.2, 0.25) is 0 Å². The van der Waals surface area contributed by atoms with E-state index < -0.39 is 17.5 Å². The van der Waals surface area contributed by atoms with E-state index in [1.807, 2.05) is 35.2 Å². The summed E-state index contributed by atoms with van der Waals surface area (Å²) in [5, 5.41) is 9.83. The maximum Gasteiger partial charge on any atom is 0.290 e. The number of halogens is 3. The van der Waals surface area contributed by atoms with E-state index in [9.17, 15) is 22.8 Å². The Labute approximate surface area is 254 Å². The summed E-state index contributed by atoms with van der Waals surface area (Å²) in [6.45, 7) is 2.70. The van der Waals surface area contributed by atoms with Gasteiger partial charge in [0.2, 0.25) is 5.82 Å². The van der Waals surface area contributed by atoms with Crippen molar-refractivity contribution >= 4 is 18.3 Å². The largest absolute Gasteiger partial charge is 0.493 e. The summed E-state index contributed by atoms with van der Waals surface area (Å²) < 4.78 is 46.0. The number of carbonyl (C=O) groups is 3. The topological polar surface area (TPSA) is 99.2 Å². The Hall–Kier alpha value is -4.38. The minimum Gasteiger partial charge on any atom is -0.493 e. The number of rotatable bonds is 7. The molecule has 2 N–H and O–H groups in total. The molecule has 5 rings (SSSR count). The number of benzene rings is 3. The maximum absolute atomic E-state index is 14.0. The van der Waals surface area contributed by atoms with Crippen LogP contribution < -0.4 is 10.1 Å². The summed E-state index contributed by atoms with van der Waals surface area (Å²) in [5.41, 5.74) is 2.45. The molecule has 2 heterocycles. The van der Waals surface area contributed by atoms with Gasteiger partial charge < -0.3 is 25.0 Å². The van der Waals surface area contributed by atoms with Crippen LogP contribution in [-0.4, -0.2) is 78.6 Å². The van der Waals surface area contributed by atoms with Crippen LogP contribution in [0.4, 0.5) is 13.2 Å². The van der Waals surface area contributed by atoms with E-state index in [2.05, 4.69) is 10.2 Å². The number of hydrogen-bond donors (Lipinski definition) is 2. The lowest BCUT2D eigenvalue weighted by Gasteiger charge is -2.42. The van der Waals surface area contributed by atoms with Crippen molar-refractivity contribution in [2.24, 2.45) is 0 Å². The fourth-order valence-electron chi connectivity index (χ4n) is 5.90. The Kier molecular flexibility index (Phi) is 11.4. The van der Waals surface area contributed by atoms with E-state index in [-0.39, 0.29) is 35.6 Å². The Morgan fingerprint density at radius 2 is 1.57 bits per heavy atom. The van der Waals surface area contributed by atoms with Crippen LogP contribution in [0.1, 0.15) is 57.5 Å². The van der Waals surface area contributed by atoms with Gasteiger partial charge in [-0.2, -0.15) is 4.39 Å². The summed E-state index contributed by atoms with van der Waals surface area (Å²) in [5.74, 6) is -3.36. The molecule has 234 valence electrons. The van der Waals surface area contributed by atoms with E-state index in [4.69, 9.17) is 14.6 Å². The molecule has 2 fully saturated rings. The molecule has 8 nitrogen and oxygen atoms in total. The molecule has 0 atom stereocenters. The van der Waals surface area contributed by atoms with E-state index in [1.165, 1.54) is 25.3 Å². The maximum atomic E-state index is 14.0. The lowest BCUT2D eigenvalue weighted by atomic mass is 9.97. The number of nitrogens with zero attached hydrogens (tertiary/aromatic N) is 2. The molecule has 0 unspecified atom stereocenters. The fraction of sp³-hybridized carbons (Fsp3) is 0.364. The quantitative estimate of drug-likeness (QED) is 0.369. The van der Waals surface area contributed by atoms with E-state index in [0.717, 1.165) is 56.0 Å². The van der Waals surface area contributed by atoms with Crippen molar-refractivity contribution in [3.63, 3.8) is 0 Å². The zero-order valence-corrected chi connectivity index (χ0v) is 24.5. The first kappa shape index (κ1) is 32.5. The number of carbonyl (C=O) groups excluding carboxylic acids is 2. The van der Waals surface area contributed by atoms with Gasteiger partial charge in [-0.15, -0.1) is 0 Å². The van der Waals surface area contributed by atoms with Crippen LogP contribution in [-0.2, 0) is 11.2 Å². The Morgan fingerprint density at radius 3 is 2.20 bits per heavy atom. The highest BCUT2D eigenvalue weighted by molar-refractivity contribution is 5.97. The second-order valence-electron chi connectivity index (χ2n) is 10.9. The average Bonchev–Trinajstić information content (AvgIpc) is 3.03. The van der Waals surface area contributed by atoms with Crippen LogP contribution in [0, 0.1) is 17.5 Å². The number of ether oxygens (including phenoxy) is 1. The lowest BCUT2D eigenvalue weighted by Crippen LogP contribution is -2.51. The first-order valence-corrected chi connectivity index (χ1v) is 14.5. The summed E-state index contributed by atoms with van der Waals surface area (Å²) >= 11 is 0. The number of piperidine rings is 2. The molecule has 0 aliphatic carbocycles. The second kappa shape index (κ2) is 15.4. The monoisotopic (exact) mass is 611 g/mol. The van der Waals surface area contributed by atoms with Crippen LogP contribution in [0.3, 0.4) is 0 Å². The third-order valence-electron chi connectivity index (χ3n) is 8.10. The van der Waals surface area contributed by atoms with E-state index >= 15 is 0 Å². The van der Waals surface area contributed by atoms with E-state index in [1.54, 1.807) is 6.07 Å². The molecule has 2 saturated heterocycles. The lowest BCUT2D eigenvalue weighted by molar-refractivity contribution is -0.122. The molecule has 2 aliphatic heterocycles. The van der Waals surface area contributed by atoms with Gasteiger partial charge in [0.15, 0.2) is 11.6 Å². The zero-order chi connectivity index (χ0) is 31.6. The molecule has 0 saturated carbocycles. The molecule has 3 aromatic rings. The predicted octanol–water partition coefficient (Wildman–Crippen LogP) is 4.90. The van der Waals surface area contributed by atoms with Crippen LogP contribution in [0.5, 0.6) is 5.75 Å². The Balaban J connectivity index is 0.00000141. The standard InChI is InChI=1S/C32H34F3N3O3.CH2O2/c1-41-30-27(8-9-28(34)29(30)35)31(39)36-25-10-14-37(15-11-25)26-12-16-38(17-13-26)32(40)23-6-2-4-21(19-23)18-22-5-3-7-24(33)20-22;2-1-3/h2-9,19-20,25-26H,10-18H2,1H3,(H,36,39);1H,(H,2,3). The molecule has 0 spiro atoms. The van der Waals surface area contributed by atoms with Gasteiger partial charge in [0, 0.05) is 43.8 Å². The highest BCUT2D eigenvalue weighted by Gasteiger charge is 2.31. The SMILES string of the molecule is COc1c(C(=O)NC2CCN(C3CCN(C(=O)c4cccc(Cc5cccc(F)c5)c4)CC3)CC2)ccc(F)c1F.O=CO. The van der Waals surface area contributed by atoms with Gasteiger partial charge in [0.05, 0.1) is 12.7 Å². The number of amides is 2. The normalized spacial score (nSPS) is 16.0. The van der Waals surface area contributed by atoms with Crippen molar-refractivity contribution in [1.82, 2.24) is 15.1 Å². The Bertz CT molecular complexity index is 1450. The number of nitrogens with one attached hydrogen (secondary N) is 1. The van der Waals surface area contributed by atoms with Crippen LogP contribution in [0.25, 0.3) is 0 Å². The molecule has 0 radical (unpaired) electrons. The van der Waals surface area contributed by atoms with Crippen LogP contribution in [0.15, 0.2) is 60.7 Å². The van der Waals surface area contributed by atoms with Crippen molar-refractivity contribution in [1.29, 1.82) is 0 Å². The van der Waals surface area contributed by atoms with Crippen molar-refractivity contribution in [3.8, 4) is 5.75 Å². The van der Waals surface area contributed by atoms with Crippen molar-refractivity contribution < 1.29 is 37.4 Å². The van der Waals surface area contributed by atoms with Gasteiger partial charge >= 0.3 is 0 Å². The second-order valence-corrected chi connectivity index (χ2v) is 10.9. The van der Waals surface area contributed by atoms with Gasteiger partial charge in [0.25, 0.3) is 18.3 Å². The van der Waals surface area contributed by atoms with Crippen molar-refractivity contribution in [3.05, 3.63) is 100 Å². The van der Waals surface area contributed by atoms with Gasteiger partial charge in [-0.3, -0.25) is 14.4 Å². The number of hydrogen-bond acceptors (Lipinski definition) is 5. The minimum atomic E-state index is -1.17. The number of methoxy groups -OCH3 is 1. The molecule has 3 aromatic carbocycles. The Morgan fingerprint density at radius 1 is 0.932 bits per heavy atom. The average molecular weight is 612 g/mol. The minimum absolute atomic E-state index is 0.0126. The summed E-state index contributed by atoms with van der Waals surface area (Å²) in [4.78, 5) is 38.7. The van der Waals surface area contributed by atoms with Crippen molar-refractivity contribution in [2.75, 3.05) is 33.3 Å².